The van der Waals surface area contributed by atoms with Gasteiger partial charge in [-0.3, -0.25) is 19.1 Å². The molecule has 1 N–H and O–H groups in total. The van der Waals surface area contributed by atoms with Crippen LogP contribution < -0.4 is 10.1 Å². The van der Waals surface area contributed by atoms with Crippen LogP contribution in [-0.2, 0) is 16.1 Å². The van der Waals surface area contributed by atoms with Crippen molar-refractivity contribution < 1.29 is 19.1 Å². The van der Waals surface area contributed by atoms with Gasteiger partial charge < -0.3 is 14.8 Å². The molecule has 1 unspecified atom stereocenters. The van der Waals surface area contributed by atoms with Crippen LogP contribution in [0.25, 0.3) is 16.7 Å². The Morgan fingerprint density at radius 3 is 2.75 bits per heavy atom. The van der Waals surface area contributed by atoms with E-state index in [9.17, 15) is 9.59 Å². The lowest BCUT2D eigenvalue weighted by molar-refractivity contribution is -0.143. The SMILES string of the molecule is CCOC(=O)CCC(CC)Oc1cccc(-n2cnc3cc(C(=O)NCc4cccnc4)ccc32)c1. The second-order valence-corrected chi connectivity index (χ2v) is 8.35. The molecule has 1 amide bonds. The van der Waals surface area contributed by atoms with E-state index in [1.54, 1.807) is 37.8 Å². The number of rotatable bonds is 11. The first-order chi connectivity index (χ1) is 17.6. The van der Waals surface area contributed by atoms with Crippen molar-refractivity contribution in [2.45, 2.75) is 45.8 Å². The topological polar surface area (TPSA) is 95.3 Å². The molecule has 0 bridgehead atoms. The van der Waals surface area contributed by atoms with E-state index < -0.39 is 0 Å². The number of pyridine rings is 1. The molecule has 1 atom stereocenters. The lowest BCUT2D eigenvalue weighted by atomic mass is 10.1. The van der Waals surface area contributed by atoms with Crippen molar-refractivity contribution >= 4 is 22.9 Å². The maximum atomic E-state index is 12.6. The predicted octanol–water partition coefficient (Wildman–Crippen LogP) is 4.85. The highest BCUT2D eigenvalue weighted by molar-refractivity contribution is 5.97. The van der Waals surface area contributed by atoms with Crippen LogP contribution in [0.1, 0.15) is 49.0 Å². The molecule has 36 heavy (non-hydrogen) atoms. The summed E-state index contributed by atoms with van der Waals surface area (Å²) in [6.07, 6.45) is 6.78. The van der Waals surface area contributed by atoms with Gasteiger partial charge in [-0.05, 0) is 61.7 Å². The number of aromatic nitrogens is 3. The number of esters is 1. The van der Waals surface area contributed by atoms with E-state index in [1.807, 2.05) is 54.0 Å². The Hall–Kier alpha value is -4.20. The Kier molecular flexibility index (Phi) is 8.28. The first-order valence-corrected chi connectivity index (χ1v) is 12.1. The van der Waals surface area contributed by atoms with E-state index in [0.717, 1.165) is 34.5 Å². The third-order valence-electron chi connectivity index (χ3n) is 5.81. The molecule has 2 aromatic carbocycles. The van der Waals surface area contributed by atoms with E-state index in [2.05, 4.69) is 15.3 Å². The predicted molar refractivity (Wildman–Crippen MR) is 137 cm³/mol. The quantitative estimate of drug-likeness (QED) is 0.305. The number of nitrogens with zero attached hydrogens (tertiary/aromatic N) is 3. The van der Waals surface area contributed by atoms with Gasteiger partial charge in [-0.25, -0.2) is 4.98 Å². The van der Waals surface area contributed by atoms with Crippen LogP contribution in [0.2, 0.25) is 0 Å². The highest BCUT2D eigenvalue weighted by Crippen LogP contribution is 2.24. The molecule has 2 heterocycles. The van der Waals surface area contributed by atoms with Gasteiger partial charge in [-0.15, -0.1) is 0 Å². The summed E-state index contributed by atoms with van der Waals surface area (Å²) in [5.41, 5.74) is 3.97. The number of hydrogen-bond donors (Lipinski definition) is 1. The average molecular weight is 487 g/mol. The number of fused-ring (bicyclic) bond motifs is 1. The van der Waals surface area contributed by atoms with Crippen LogP contribution in [0.15, 0.2) is 73.3 Å². The normalized spacial score (nSPS) is 11.7. The van der Waals surface area contributed by atoms with E-state index >= 15 is 0 Å². The maximum Gasteiger partial charge on any atom is 0.305 e. The van der Waals surface area contributed by atoms with Crippen molar-refractivity contribution in [2.75, 3.05) is 6.61 Å². The Morgan fingerprint density at radius 2 is 1.97 bits per heavy atom. The van der Waals surface area contributed by atoms with Gasteiger partial charge >= 0.3 is 5.97 Å². The van der Waals surface area contributed by atoms with Crippen molar-refractivity contribution in [3.05, 3.63) is 84.4 Å². The van der Waals surface area contributed by atoms with E-state index in [0.29, 0.717) is 31.6 Å². The van der Waals surface area contributed by atoms with Crippen LogP contribution in [-0.4, -0.2) is 39.1 Å². The minimum absolute atomic E-state index is 0.0862. The molecule has 2 aromatic heterocycles. The van der Waals surface area contributed by atoms with Gasteiger partial charge in [0.2, 0.25) is 0 Å². The highest BCUT2D eigenvalue weighted by Gasteiger charge is 2.14. The molecule has 0 aliphatic carbocycles. The lowest BCUT2D eigenvalue weighted by Crippen LogP contribution is -2.22. The van der Waals surface area contributed by atoms with Crippen molar-refractivity contribution in [3.8, 4) is 11.4 Å². The molecule has 0 saturated heterocycles. The molecule has 4 aromatic rings. The number of ether oxygens (including phenoxy) is 2. The summed E-state index contributed by atoms with van der Waals surface area (Å²) in [5, 5.41) is 2.91. The zero-order valence-electron chi connectivity index (χ0n) is 20.5. The van der Waals surface area contributed by atoms with Crippen LogP contribution in [0.3, 0.4) is 0 Å². The maximum absolute atomic E-state index is 12.6. The molecule has 0 aliphatic rings. The fraction of sp³-hybridized carbons (Fsp3) is 0.286. The Morgan fingerprint density at radius 1 is 1.08 bits per heavy atom. The van der Waals surface area contributed by atoms with Gasteiger partial charge in [-0.2, -0.15) is 0 Å². The van der Waals surface area contributed by atoms with Gasteiger partial charge in [0.15, 0.2) is 0 Å². The lowest BCUT2D eigenvalue weighted by Gasteiger charge is -2.18. The van der Waals surface area contributed by atoms with Crippen molar-refractivity contribution in [3.63, 3.8) is 0 Å². The molecule has 0 aliphatic heterocycles. The average Bonchev–Trinajstić information content (AvgIpc) is 3.34. The van der Waals surface area contributed by atoms with Crippen LogP contribution in [0, 0.1) is 0 Å². The van der Waals surface area contributed by atoms with Crippen LogP contribution in [0.5, 0.6) is 5.75 Å². The standard InChI is InChI=1S/C28H30N4O4/c1-3-23(11-13-27(33)35-4-2)36-24-9-5-8-22(16-24)32-19-31-25-15-21(10-12-26(25)32)28(34)30-18-20-7-6-14-29-17-20/h5-10,12,14-17,19,23H,3-4,11,13,18H2,1-2H3,(H,30,34). The summed E-state index contributed by atoms with van der Waals surface area (Å²) in [7, 11) is 0. The number of nitrogens with one attached hydrogen (secondary N) is 1. The third kappa shape index (κ3) is 6.27. The smallest absolute Gasteiger partial charge is 0.305 e. The zero-order chi connectivity index (χ0) is 25.3. The second-order valence-electron chi connectivity index (χ2n) is 8.35. The van der Waals surface area contributed by atoms with Gasteiger partial charge in [0.25, 0.3) is 5.91 Å². The number of carbonyl (C=O) groups is 2. The molecule has 0 fully saturated rings. The number of carbonyl (C=O) groups excluding carboxylic acids is 2. The Labute approximate surface area is 210 Å². The minimum atomic E-state index is -0.205. The van der Waals surface area contributed by atoms with E-state index in [-0.39, 0.29) is 18.0 Å². The number of hydrogen-bond acceptors (Lipinski definition) is 6. The number of benzene rings is 2. The molecule has 0 radical (unpaired) electrons. The molecule has 8 nitrogen and oxygen atoms in total. The summed E-state index contributed by atoms with van der Waals surface area (Å²) in [4.78, 5) is 32.9. The van der Waals surface area contributed by atoms with E-state index in [4.69, 9.17) is 9.47 Å². The summed E-state index contributed by atoms with van der Waals surface area (Å²) >= 11 is 0. The number of amides is 1. The van der Waals surface area contributed by atoms with Gasteiger partial charge in [-0.1, -0.05) is 19.1 Å². The molecule has 8 heteroatoms. The largest absolute Gasteiger partial charge is 0.490 e. The first kappa shape index (κ1) is 24.9. The second kappa shape index (κ2) is 12.0. The molecule has 186 valence electrons. The Balaban J connectivity index is 1.45. The molecule has 0 saturated carbocycles. The summed E-state index contributed by atoms with van der Waals surface area (Å²) in [6, 6.07) is 17.0. The van der Waals surface area contributed by atoms with Crippen molar-refractivity contribution in [1.29, 1.82) is 0 Å². The number of imidazole rings is 1. The zero-order valence-corrected chi connectivity index (χ0v) is 20.5. The molecule has 4 rings (SSSR count). The van der Waals surface area contributed by atoms with Crippen LogP contribution >= 0.6 is 0 Å². The fourth-order valence-electron chi connectivity index (χ4n) is 3.90. The first-order valence-electron chi connectivity index (χ1n) is 12.1. The highest BCUT2D eigenvalue weighted by atomic mass is 16.5. The van der Waals surface area contributed by atoms with Gasteiger partial charge in [0.05, 0.1) is 29.4 Å². The summed E-state index contributed by atoms with van der Waals surface area (Å²) in [6.45, 7) is 4.63. The van der Waals surface area contributed by atoms with E-state index in [1.165, 1.54) is 0 Å². The summed E-state index contributed by atoms with van der Waals surface area (Å²) in [5.74, 6) is 0.346. The third-order valence-corrected chi connectivity index (χ3v) is 5.81. The van der Waals surface area contributed by atoms with Gasteiger partial charge in [0, 0.05) is 37.0 Å². The van der Waals surface area contributed by atoms with Crippen molar-refractivity contribution in [1.82, 2.24) is 19.9 Å². The monoisotopic (exact) mass is 486 g/mol. The molecular formula is C28H30N4O4. The van der Waals surface area contributed by atoms with Crippen LogP contribution in [0.4, 0.5) is 0 Å². The molecule has 0 spiro atoms. The Bertz CT molecular complexity index is 1320. The molecular weight excluding hydrogens is 456 g/mol. The minimum Gasteiger partial charge on any atom is -0.490 e. The van der Waals surface area contributed by atoms with Gasteiger partial charge in [0.1, 0.15) is 12.1 Å². The summed E-state index contributed by atoms with van der Waals surface area (Å²) < 4.78 is 13.1. The fourth-order valence-corrected chi connectivity index (χ4v) is 3.90. The van der Waals surface area contributed by atoms with Crippen molar-refractivity contribution in [2.24, 2.45) is 0 Å².